The minimum Gasteiger partial charge on any atom is -0.392 e. The van der Waals surface area contributed by atoms with Gasteiger partial charge in [-0.25, -0.2) is 0 Å². The van der Waals surface area contributed by atoms with Crippen LogP contribution in [0.15, 0.2) is 18.2 Å². The summed E-state index contributed by atoms with van der Waals surface area (Å²) in [7, 11) is 0. The monoisotopic (exact) mass is 298 g/mol. The Balaban J connectivity index is 2.09. The molecule has 0 bridgehead atoms. The Kier molecular flexibility index (Phi) is 3.66. The molecule has 0 radical (unpaired) electrons. The van der Waals surface area contributed by atoms with Gasteiger partial charge in [0, 0.05) is 17.5 Å². The summed E-state index contributed by atoms with van der Waals surface area (Å²) in [5.74, 6) is -0.785. The molecule has 5 heteroatoms. The van der Waals surface area contributed by atoms with Gasteiger partial charge in [0.1, 0.15) is 0 Å². The van der Waals surface area contributed by atoms with E-state index in [1.54, 1.807) is 0 Å². The number of piperidine rings is 1. The number of carbonyl (C=O) groups excluding carboxylic acids is 2. The number of aliphatic hydroxyl groups excluding tert-OH is 1. The topological polar surface area (TPSA) is 79.3 Å². The van der Waals surface area contributed by atoms with E-state index in [0.29, 0.717) is 12.8 Å². The van der Waals surface area contributed by atoms with Crippen molar-refractivity contribution in [2.24, 2.45) is 0 Å². The number of hydrogen-bond donors (Lipinski definition) is 2. The predicted molar refractivity (Wildman–Crippen MR) is 82.3 cm³/mol. The zero-order valence-corrected chi connectivity index (χ0v) is 12.6. The second-order valence-corrected chi connectivity index (χ2v) is 5.80. The fourth-order valence-corrected chi connectivity index (χ4v) is 3.01. The Morgan fingerprint density at radius 1 is 1.27 bits per heavy atom. The number of imide groups is 1. The molecule has 1 aromatic heterocycles. The fourth-order valence-electron chi connectivity index (χ4n) is 3.01. The predicted octanol–water partition coefficient (Wildman–Crippen LogP) is 1.86. The molecule has 2 N–H and O–H groups in total. The Morgan fingerprint density at radius 2 is 2.05 bits per heavy atom. The van der Waals surface area contributed by atoms with Crippen molar-refractivity contribution >= 4 is 22.7 Å². The minimum absolute atomic E-state index is 0.0165. The highest BCUT2D eigenvalue weighted by molar-refractivity contribution is 6.01. The molecule has 0 aliphatic carbocycles. The molecule has 1 aromatic carbocycles. The van der Waals surface area contributed by atoms with Crippen molar-refractivity contribution in [3.8, 4) is 0 Å². The van der Waals surface area contributed by atoms with E-state index in [1.807, 2.05) is 32.0 Å². The Hall–Kier alpha value is -2.27. The lowest BCUT2D eigenvalue weighted by Gasteiger charge is -2.22. The molecule has 5 nitrogen and oxygen atoms in total. The first kappa shape index (κ1) is 14.7. The van der Waals surface area contributed by atoms with Gasteiger partial charge in [0.25, 0.3) is 0 Å². The maximum atomic E-state index is 12.1. The summed E-state index contributed by atoms with van der Waals surface area (Å²) in [6.07, 6.45) is 0.878. The number of nitrogens with one attached hydrogen (secondary N) is 1. The Morgan fingerprint density at radius 3 is 2.73 bits per heavy atom. The second kappa shape index (κ2) is 5.50. The smallest absolute Gasteiger partial charge is 0.234 e. The van der Waals surface area contributed by atoms with E-state index in [2.05, 4.69) is 10.3 Å². The van der Waals surface area contributed by atoms with E-state index in [4.69, 9.17) is 0 Å². The van der Waals surface area contributed by atoms with Crippen LogP contribution in [0.5, 0.6) is 0 Å². The summed E-state index contributed by atoms with van der Waals surface area (Å²) in [5.41, 5.74) is 4.31. The summed E-state index contributed by atoms with van der Waals surface area (Å²) in [4.78, 5) is 27.9. The summed E-state index contributed by atoms with van der Waals surface area (Å²) in [6.45, 7) is 3.80. The molecule has 0 saturated carbocycles. The van der Waals surface area contributed by atoms with Gasteiger partial charge in [-0.05, 0) is 55.2 Å². The number of nitrogens with zero attached hydrogens (tertiary/aromatic N) is 1. The second-order valence-electron chi connectivity index (χ2n) is 5.80. The van der Waals surface area contributed by atoms with Crippen molar-refractivity contribution in [2.75, 3.05) is 0 Å². The van der Waals surface area contributed by atoms with Crippen LogP contribution in [0, 0.1) is 13.8 Å². The van der Waals surface area contributed by atoms with Crippen LogP contribution in [0.2, 0.25) is 0 Å². The average molecular weight is 298 g/mol. The van der Waals surface area contributed by atoms with Crippen LogP contribution in [-0.4, -0.2) is 21.9 Å². The number of aryl methyl sites for hydroxylation is 2. The third-order valence-electron chi connectivity index (χ3n) is 4.29. The lowest BCUT2D eigenvalue weighted by atomic mass is 9.88. The number of pyridine rings is 1. The van der Waals surface area contributed by atoms with Crippen molar-refractivity contribution in [3.05, 3.63) is 40.6 Å². The molecule has 1 fully saturated rings. The molecule has 1 unspecified atom stereocenters. The maximum Gasteiger partial charge on any atom is 0.234 e. The molecular formula is C17H18N2O3. The molecule has 2 aromatic rings. The Labute approximate surface area is 128 Å². The van der Waals surface area contributed by atoms with Crippen molar-refractivity contribution in [1.29, 1.82) is 0 Å². The van der Waals surface area contributed by atoms with Gasteiger partial charge in [0.2, 0.25) is 11.8 Å². The van der Waals surface area contributed by atoms with Gasteiger partial charge in [-0.3, -0.25) is 19.9 Å². The molecule has 114 valence electrons. The van der Waals surface area contributed by atoms with E-state index in [1.165, 1.54) is 0 Å². The fraction of sp³-hybridized carbons (Fsp3) is 0.353. The van der Waals surface area contributed by atoms with Gasteiger partial charge in [0.15, 0.2) is 0 Å². The van der Waals surface area contributed by atoms with Gasteiger partial charge in [-0.15, -0.1) is 0 Å². The van der Waals surface area contributed by atoms with E-state index < -0.39 is 0 Å². The number of fused-ring (bicyclic) bond motifs is 1. The van der Waals surface area contributed by atoms with Gasteiger partial charge in [-0.1, -0.05) is 0 Å². The van der Waals surface area contributed by atoms with Gasteiger partial charge < -0.3 is 5.11 Å². The molecular weight excluding hydrogens is 280 g/mol. The summed E-state index contributed by atoms with van der Waals surface area (Å²) < 4.78 is 0. The third kappa shape index (κ3) is 2.48. The van der Waals surface area contributed by atoms with E-state index in [-0.39, 0.29) is 24.3 Å². The van der Waals surface area contributed by atoms with Crippen LogP contribution < -0.4 is 5.32 Å². The number of benzene rings is 1. The molecule has 1 aliphatic heterocycles. The first-order valence-corrected chi connectivity index (χ1v) is 7.35. The first-order valence-electron chi connectivity index (χ1n) is 7.35. The lowest BCUT2D eigenvalue weighted by molar-refractivity contribution is -0.134. The summed E-state index contributed by atoms with van der Waals surface area (Å²) >= 11 is 0. The molecule has 1 aliphatic rings. The summed E-state index contributed by atoms with van der Waals surface area (Å²) in [6, 6.07) is 5.83. The minimum atomic E-state index is -0.326. The average Bonchev–Trinajstić information content (AvgIpc) is 2.47. The quantitative estimate of drug-likeness (QED) is 0.830. The number of rotatable bonds is 2. The van der Waals surface area contributed by atoms with E-state index in [9.17, 15) is 14.7 Å². The van der Waals surface area contributed by atoms with Crippen molar-refractivity contribution in [2.45, 2.75) is 39.2 Å². The molecule has 2 heterocycles. The van der Waals surface area contributed by atoms with Crippen LogP contribution in [-0.2, 0) is 16.2 Å². The van der Waals surface area contributed by atoms with E-state index >= 15 is 0 Å². The zero-order valence-electron chi connectivity index (χ0n) is 12.6. The highest BCUT2D eigenvalue weighted by Gasteiger charge is 2.29. The van der Waals surface area contributed by atoms with Gasteiger partial charge in [-0.2, -0.15) is 0 Å². The first-order chi connectivity index (χ1) is 10.5. The molecule has 1 saturated heterocycles. The number of aromatic nitrogens is 1. The van der Waals surface area contributed by atoms with Crippen molar-refractivity contribution in [1.82, 2.24) is 10.3 Å². The number of hydrogen-bond acceptors (Lipinski definition) is 4. The molecule has 2 amide bonds. The van der Waals surface area contributed by atoms with E-state index in [0.717, 1.165) is 33.3 Å². The standard InChI is InChI=1S/C17H18N2O3/c1-9-5-11-6-14(13-3-4-16(21)19-17(13)22)10(2)18-15(11)7-12(9)8-20/h5-7,13,20H,3-4,8H2,1-2H3,(H,19,21,22). The molecule has 22 heavy (non-hydrogen) atoms. The largest absolute Gasteiger partial charge is 0.392 e. The molecule has 3 rings (SSSR count). The number of aliphatic hydroxyl groups is 1. The lowest BCUT2D eigenvalue weighted by Crippen LogP contribution is -2.39. The highest BCUT2D eigenvalue weighted by Crippen LogP contribution is 2.30. The van der Waals surface area contributed by atoms with Gasteiger partial charge >= 0.3 is 0 Å². The molecule has 0 spiro atoms. The van der Waals surface area contributed by atoms with Crippen LogP contribution in [0.4, 0.5) is 0 Å². The number of carbonyl (C=O) groups is 2. The van der Waals surface area contributed by atoms with Gasteiger partial charge in [0.05, 0.1) is 18.0 Å². The number of amides is 2. The normalized spacial score (nSPS) is 18.6. The maximum absolute atomic E-state index is 12.1. The van der Waals surface area contributed by atoms with Crippen molar-refractivity contribution < 1.29 is 14.7 Å². The SMILES string of the molecule is Cc1cc2cc(C3CCC(=O)NC3=O)c(C)nc2cc1CO. The van der Waals surface area contributed by atoms with Crippen molar-refractivity contribution in [3.63, 3.8) is 0 Å². The highest BCUT2D eigenvalue weighted by atomic mass is 16.3. The third-order valence-corrected chi connectivity index (χ3v) is 4.29. The molecule has 1 atom stereocenters. The van der Waals surface area contributed by atoms with Crippen LogP contribution in [0.3, 0.4) is 0 Å². The van der Waals surface area contributed by atoms with Crippen LogP contribution in [0.1, 0.15) is 41.1 Å². The Bertz CT molecular complexity index is 783. The van der Waals surface area contributed by atoms with Crippen LogP contribution >= 0.6 is 0 Å². The zero-order chi connectivity index (χ0) is 15.9. The summed E-state index contributed by atoms with van der Waals surface area (Å²) in [5, 5.41) is 12.7. The van der Waals surface area contributed by atoms with Crippen LogP contribution in [0.25, 0.3) is 10.9 Å².